The predicted octanol–water partition coefficient (Wildman–Crippen LogP) is 4.83. The second-order valence-electron chi connectivity index (χ2n) is 7.14. The molecule has 0 amide bonds. The number of anilines is 1. The summed E-state index contributed by atoms with van der Waals surface area (Å²) in [6.45, 7) is 5.59. The van der Waals surface area contributed by atoms with Gasteiger partial charge in [-0.25, -0.2) is 23.4 Å². The number of benzene rings is 2. The van der Waals surface area contributed by atoms with Crippen LogP contribution in [0.2, 0.25) is 5.02 Å². The second kappa shape index (κ2) is 8.60. The normalized spacial score (nSPS) is 11.4. The van der Waals surface area contributed by atoms with Gasteiger partial charge in [0.15, 0.2) is 0 Å². The number of nitrogens with one attached hydrogen (secondary N) is 1. The van der Waals surface area contributed by atoms with Gasteiger partial charge < -0.3 is 4.74 Å². The van der Waals surface area contributed by atoms with Gasteiger partial charge in [0.25, 0.3) is 10.0 Å². The molecule has 32 heavy (non-hydrogen) atoms. The highest BCUT2D eigenvalue weighted by Crippen LogP contribution is 2.26. The van der Waals surface area contributed by atoms with Crippen molar-refractivity contribution in [2.45, 2.75) is 25.7 Å². The van der Waals surface area contributed by atoms with Crippen LogP contribution < -0.4 is 9.46 Å². The molecule has 0 saturated heterocycles. The highest BCUT2D eigenvalue weighted by Gasteiger charge is 2.17. The van der Waals surface area contributed by atoms with Crippen LogP contribution in [-0.2, 0) is 10.0 Å². The molecule has 0 aliphatic rings. The molecule has 2 heterocycles. The van der Waals surface area contributed by atoms with E-state index in [4.69, 9.17) is 16.3 Å². The van der Waals surface area contributed by atoms with Crippen LogP contribution in [0.5, 0.6) is 11.6 Å². The molecule has 4 rings (SSSR count). The van der Waals surface area contributed by atoms with Crippen molar-refractivity contribution in [3.63, 3.8) is 0 Å². The molecule has 0 aliphatic heterocycles. The lowest BCUT2D eigenvalue weighted by atomic mass is 10.2. The van der Waals surface area contributed by atoms with Gasteiger partial charge in [0.2, 0.25) is 5.88 Å². The third kappa shape index (κ3) is 4.58. The predicted molar refractivity (Wildman–Crippen MR) is 122 cm³/mol. The largest absolute Gasteiger partial charge is 0.439 e. The number of aromatic nitrogens is 4. The van der Waals surface area contributed by atoms with Crippen LogP contribution in [0, 0.1) is 20.8 Å². The van der Waals surface area contributed by atoms with Gasteiger partial charge in [0.1, 0.15) is 24.2 Å². The zero-order valence-corrected chi connectivity index (χ0v) is 19.1. The van der Waals surface area contributed by atoms with Gasteiger partial charge in [-0.15, -0.1) is 0 Å². The minimum Gasteiger partial charge on any atom is -0.439 e. The summed E-state index contributed by atoms with van der Waals surface area (Å²) in [6.07, 6.45) is 3.11. The standard InChI is InChI=1S/C22H20ClN5O3S/c1-14-4-5-17(23)10-20(14)32(29,30)27-18-6-8-19(9-7-18)31-22-11-21(24-12-25-22)28-13-26-15(2)16(28)3/h4-13,27H,1-3H3. The fraction of sp³-hybridized carbons (Fsp3) is 0.136. The molecule has 0 radical (unpaired) electrons. The molecular weight excluding hydrogens is 450 g/mol. The quantitative estimate of drug-likeness (QED) is 0.434. The molecule has 0 fully saturated rings. The minimum atomic E-state index is -3.78. The summed E-state index contributed by atoms with van der Waals surface area (Å²) in [4.78, 5) is 12.8. The van der Waals surface area contributed by atoms with Gasteiger partial charge in [-0.3, -0.25) is 9.29 Å². The van der Waals surface area contributed by atoms with E-state index < -0.39 is 10.0 Å². The summed E-state index contributed by atoms with van der Waals surface area (Å²) in [6, 6.07) is 13.0. The van der Waals surface area contributed by atoms with E-state index in [1.165, 1.54) is 12.4 Å². The Labute approximate surface area is 191 Å². The number of aryl methyl sites for hydroxylation is 2. The van der Waals surface area contributed by atoms with Gasteiger partial charge in [-0.2, -0.15) is 0 Å². The Morgan fingerprint density at radius 2 is 1.72 bits per heavy atom. The zero-order valence-electron chi connectivity index (χ0n) is 17.6. The van der Waals surface area contributed by atoms with Crippen molar-refractivity contribution in [2.75, 3.05) is 4.72 Å². The monoisotopic (exact) mass is 469 g/mol. The number of hydrogen-bond donors (Lipinski definition) is 1. The van der Waals surface area contributed by atoms with E-state index in [-0.39, 0.29) is 4.90 Å². The first-order valence-electron chi connectivity index (χ1n) is 9.63. The molecule has 0 saturated carbocycles. The number of sulfonamides is 1. The van der Waals surface area contributed by atoms with Gasteiger partial charge >= 0.3 is 0 Å². The summed E-state index contributed by atoms with van der Waals surface area (Å²) in [5, 5.41) is 0.352. The Hall–Kier alpha value is -3.43. The number of imidazole rings is 1. The molecule has 164 valence electrons. The first-order chi connectivity index (χ1) is 15.2. The Morgan fingerprint density at radius 1 is 0.969 bits per heavy atom. The van der Waals surface area contributed by atoms with Crippen LogP contribution >= 0.6 is 11.6 Å². The highest BCUT2D eigenvalue weighted by molar-refractivity contribution is 7.92. The van der Waals surface area contributed by atoms with E-state index in [2.05, 4.69) is 19.7 Å². The van der Waals surface area contributed by atoms with Crippen LogP contribution in [0.3, 0.4) is 0 Å². The average molecular weight is 470 g/mol. The minimum absolute atomic E-state index is 0.129. The Balaban J connectivity index is 1.51. The summed E-state index contributed by atoms with van der Waals surface area (Å²) >= 11 is 5.96. The maximum Gasteiger partial charge on any atom is 0.262 e. The second-order valence-corrected chi connectivity index (χ2v) is 9.23. The van der Waals surface area contributed by atoms with Crippen LogP contribution in [0.15, 0.2) is 66.1 Å². The summed E-state index contributed by atoms with van der Waals surface area (Å²) in [5.74, 6) is 1.48. The van der Waals surface area contributed by atoms with Crippen molar-refractivity contribution in [3.8, 4) is 17.4 Å². The number of ether oxygens (including phenoxy) is 1. The molecule has 0 aliphatic carbocycles. The Kier molecular flexibility index (Phi) is 5.86. The molecule has 8 nitrogen and oxygen atoms in total. The maximum absolute atomic E-state index is 12.7. The van der Waals surface area contributed by atoms with Crippen molar-refractivity contribution in [1.82, 2.24) is 19.5 Å². The molecule has 0 atom stereocenters. The first-order valence-corrected chi connectivity index (χ1v) is 11.5. The topological polar surface area (TPSA) is 99.0 Å². The van der Waals surface area contributed by atoms with Crippen molar-refractivity contribution >= 4 is 27.3 Å². The lowest BCUT2D eigenvalue weighted by Crippen LogP contribution is -2.14. The lowest BCUT2D eigenvalue weighted by Gasteiger charge is -2.12. The number of nitrogens with zero attached hydrogens (tertiary/aromatic N) is 4. The van der Waals surface area contributed by atoms with E-state index in [1.807, 2.05) is 18.4 Å². The SMILES string of the molecule is Cc1ccc(Cl)cc1S(=O)(=O)Nc1ccc(Oc2cc(-n3cnc(C)c3C)ncn2)cc1. The molecule has 10 heteroatoms. The van der Waals surface area contributed by atoms with E-state index in [1.54, 1.807) is 55.7 Å². The molecule has 0 spiro atoms. The maximum atomic E-state index is 12.7. The number of rotatable bonds is 6. The fourth-order valence-electron chi connectivity index (χ4n) is 3.03. The molecule has 4 aromatic rings. The van der Waals surface area contributed by atoms with Gasteiger partial charge in [-0.05, 0) is 62.7 Å². The van der Waals surface area contributed by atoms with Crippen LogP contribution in [0.1, 0.15) is 17.0 Å². The van der Waals surface area contributed by atoms with Crippen LogP contribution in [-0.4, -0.2) is 27.9 Å². The zero-order chi connectivity index (χ0) is 22.9. The highest BCUT2D eigenvalue weighted by atomic mass is 35.5. The van der Waals surface area contributed by atoms with E-state index in [0.717, 1.165) is 11.4 Å². The number of halogens is 1. The molecular formula is C22H20ClN5O3S. The van der Waals surface area contributed by atoms with Crippen molar-refractivity contribution in [2.24, 2.45) is 0 Å². The average Bonchev–Trinajstić information content (AvgIpc) is 3.09. The van der Waals surface area contributed by atoms with Gasteiger partial charge in [-0.1, -0.05) is 17.7 Å². The number of hydrogen-bond acceptors (Lipinski definition) is 6. The van der Waals surface area contributed by atoms with E-state index in [0.29, 0.717) is 33.7 Å². The van der Waals surface area contributed by atoms with Crippen molar-refractivity contribution in [1.29, 1.82) is 0 Å². The summed E-state index contributed by atoms with van der Waals surface area (Å²) in [7, 11) is -3.78. The summed E-state index contributed by atoms with van der Waals surface area (Å²) in [5.41, 5.74) is 2.88. The van der Waals surface area contributed by atoms with E-state index in [9.17, 15) is 8.42 Å². The lowest BCUT2D eigenvalue weighted by molar-refractivity contribution is 0.461. The third-order valence-corrected chi connectivity index (χ3v) is 6.65. The Bertz CT molecular complexity index is 1390. The van der Waals surface area contributed by atoms with Gasteiger partial charge in [0.05, 0.1) is 10.6 Å². The molecule has 0 unspecified atom stereocenters. The Morgan fingerprint density at radius 3 is 2.41 bits per heavy atom. The molecule has 0 bridgehead atoms. The molecule has 2 aromatic carbocycles. The van der Waals surface area contributed by atoms with Crippen LogP contribution in [0.4, 0.5) is 5.69 Å². The van der Waals surface area contributed by atoms with E-state index >= 15 is 0 Å². The van der Waals surface area contributed by atoms with Crippen LogP contribution in [0.25, 0.3) is 5.82 Å². The summed E-state index contributed by atoms with van der Waals surface area (Å²) < 4.78 is 35.7. The molecule has 1 N–H and O–H groups in total. The molecule has 2 aromatic heterocycles. The fourth-order valence-corrected chi connectivity index (χ4v) is 4.60. The van der Waals surface area contributed by atoms with Gasteiger partial charge in [0, 0.05) is 22.5 Å². The van der Waals surface area contributed by atoms with Crippen molar-refractivity contribution < 1.29 is 13.2 Å². The smallest absolute Gasteiger partial charge is 0.262 e. The third-order valence-electron chi connectivity index (χ3n) is 4.89. The first kappa shape index (κ1) is 21.8. The van der Waals surface area contributed by atoms with Crippen molar-refractivity contribution in [3.05, 3.63) is 83.2 Å².